The Labute approximate surface area is 102 Å². The van der Waals surface area contributed by atoms with Crippen LogP contribution in [0.15, 0.2) is 35.0 Å². The maximum absolute atomic E-state index is 13.3. The summed E-state index contributed by atoms with van der Waals surface area (Å²) in [6.45, 7) is 0.440. The molecule has 96 valence electrons. The molecule has 2 N–H and O–H groups in total. The van der Waals surface area contributed by atoms with E-state index in [0.29, 0.717) is 12.3 Å². The number of hydrogen-bond acceptors (Lipinski definition) is 4. The van der Waals surface area contributed by atoms with Gasteiger partial charge in [0.2, 0.25) is 0 Å². The van der Waals surface area contributed by atoms with E-state index in [0.717, 1.165) is 18.2 Å². The highest BCUT2D eigenvalue weighted by molar-refractivity contribution is 5.21. The lowest BCUT2D eigenvalue weighted by Gasteiger charge is -2.12. The van der Waals surface area contributed by atoms with Gasteiger partial charge in [0.25, 0.3) is 0 Å². The molecule has 1 unspecified atom stereocenters. The van der Waals surface area contributed by atoms with Gasteiger partial charge in [-0.05, 0) is 18.2 Å². The lowest BCUT2D eigenvalue weighted by Crippen LogP contribution is -2.21. The normalized spacial score (nSPS) is 12.6. The van der Waals surface area contributed by atoms with Crippen molar-refractivity contribution in [2.45, 2.75) is 12.6 Å². The third-order valence-corrected chi connectivity index (χ3v) is 2.45. The van der Waals surface area contributed by atoms with Crippen LogP contribution in [0.1, 0.15) is 17.4 Å². The predicted octanol–water partition coefficient (Wildman–Crippen LogP) is 1.78. The molecule has 1 atom stereocenters. The third kappa shape index (κ3) is 3.12. The number of aromatic nitrogens is 1. The van der Waals surface area contributed by atoms with Crippen molar-refractivity contribution in [2.75, 3.05) is 6.54 Å². The first-order valence-corrected chi connectivity index (χ1v) is 5.40. The van der Waals surface area contributed by atoms with Crippen LogP contribution < -0.4 is 5.32 Å². The van der Waals surface area contributed by atoms with Gasteiger partial charge >= 0.3 is 0 Å². The summed E-state index contributed by atoms with van der Waals surface area (Å²) in [7, 11) is 0. The number of aliphatic hydroxyl groups is 1. The molecule has 2 rings (SSSR count). The molecule has 2 aromatic rings. The van der Waals surface area contributed by atoms with Crippen LogP contribution in [-0.2, 0) is 6.54 Å². The Morgan fingerprint density at radius 1 is 1.33 bits per heavy atom. The molecule has 0 radical (unpaired) electrons. The Morgan fingerprint density at radius 2 is 2.17 bits per heavy atom. The van der Waals surface area contributed by atoms with Crippen LogP contribution in [-0.4, -0.2) is 16.8 Å². The van der Waals surface area contributed by atoms with Gasteiger partial charge in [-0.15, -0.1) is 0 Å². The minimum atomic E-state index is -1.12. The molecule has 0 saturated heterocycles. The molecule has 0 bridgehead atoms. The Balaban J connectivity index is 1.91. The molecule has 1 aromatic heterocycles. The molecule has 18 heavy (non-hydrogen) atoms. The van der Waals surface area contributed by atoms with Gasteiger partial charge in [0.15, 0.2) is 0 Å². The highest BCUT2D eigenvalue weighted by Gasteiger charge is 2.13. The second-order valence-corrected chi connectivity index (χ2v) is 3.79. The van der Waals surface area contributed by atoms with Crippen LogP contribution in [0.2, 0.25) is 0 Å². The summed E-state index contributed by atoms with van der Waals surface area (Å²) in [6, 6.07) is 4.65. The topological polar surface area (TPSA) is 58.3 Å². The van der Waals surface area contributed by atoms with E-state index in [2.05, 4.69) is 10.5 Å². The van der Waals surface area contributed by atoms with Crippen LogP contribution in [0, 0.1) is 11.6 Å². The summed E-state index contributed by atoms with van der Waals surface area (Å²) in [5.74, 6) is -0.618. The zero-order chi connectivity index (χ0) is 13.0. The highest BCUT2D eigenvalue weighted by atomic mass is 19.1. The van der Waals surface area contributed by atoms with Crippen molar-refractivity contribution >= 4 is 0 Å². The van der Waals surface area contributed by atoms with Crippen molar-refractivity contribution in [1.82, 2.24) is 10.5 Å². The van der Waals surface area contributed by atoms with Gasteiger partial charge in [-0.1, -0.05) is 5.16 Å². The minimum absolute atomic E-state index is 0.0694. The second-order valence-electron chi connectivity index (χ2n) is 3.79. The van der Waals surface area contributed by atoms with Gasteiger partial charge in [-0.25, -0.2) is 8.78 Å². The van der Waals surface area contributed by atoms with Crippen LogP contribution >= 0.6 is 0 Å². The third-order valence-electron chi connectivity index (χ3n) is 2.45. The van der Waals surface area contributed by atoms with Crippen LogP contribution in [0.4, 0.5) is 8.78 Å². The number of nitrogens with zero attached hydrogens (tertiary/aromatic N) is 1. The Hall–Kier alpha value is -1.79. The summed E-state index contributed by atoms with van der Waals surface area (Å²) in [5.41, 5.74) is -0.0694. The molecule has 0 saturated carbocycles. The Morgan fingerprint density at radius 3 is 2.89 bits per heavy atom. The van der Waals surface area contributed by atoms with Crippen LogP contribution in [0.3, 0.4) is 0 Å². The zero-order valence-electron chi connectivity index (χ0n) is 9.44. The summed E-state index contributed by atoms with van der Waals surface area (Å²) < 4.78 is 31.1. The Kier molecular flexibility index (Phi) is 4.01. The lowest BCUT2D eigenvalue weighted by molar-refractivity contribution is 0.168. The number of hydrogen-bond donors (Lipinski definition) is 2. The summed E-state index contributed by atoms with van der Waals surface area (Å²) >= 11 is 0. The largest absolute Gasteiger partial charge is 0.387 e. The molecule has 6 heteroatoms. The van der Waals surface area contributed by atoms with Crippen molar-refractivity contribution in [1.29, 1.82) is 0 Å². The fourth-order valence-electron chi connectivity index (χ4n) is 1.55. The maximum atomic E-state index is 13.3. The average molecular weight is 254 g/mol. The number of nitrogens with one attached hydrogen (secondary N) is 1. The average Bonchev–Trinajstić information content (AvgIpc) is 2.85. The molecule has 0 aliphatic carbocycles. The van der Waals surface area contributed by atoms with Gasteiger partial charge in [0, 0.05) is 18.2 Å². The van der Waals surface area contributed by atoms with Gasteiger partial charge in [-0.3, -0.25) is 0 Å². The fourth-order valence-corrected chi connectivity index (χ4v) is 1.55. The number of rotatable bonds is 5. The molecule has 4 nitrogen and oxygen atoms in total. The molecule has 1 aromatic carbocycles. The summed E-state index contributed by atoms with van der Waals surface area (Å²) in [4.78, 5) is 0. The minimum Gasteiger partial charge on any atom is -0.387 e. The smallest absolute Gasteiger partial charge is 0.150 e. The fraction of sp³-hybridized carbons (Fsp3) is 0.250. The van der Waals surface area contributed by atoms with E-state index in [1.165, 1.54) is 6.20 Å². The van der Waals surface area contributed by atoms with E-state index < -0.39 is 17.7 Å². The van der Waals surface area contributed by atoms with Gasteiger partial charge in [0.05, 0.1) is 18.8 Å². The summed E-state index contributed by atoms with van der Waals surface area (Å²) in [6.07, 6.45) is 0.378. The Bertz CT molecular complexity index is 503. The molecule has 1 heterocycles. The molecule has 0 fully saturated rings. The number of aliphatic hydroxyl groups excluding tert-OH is 1. The number of benzene rings is 1. The van der Waals surface area contributed by atoms with E-state index in [9.17, 15) is 13.9 Å². The molecular formula is C12H12F2N2O2. The van der Waals surface area contributed by atoms with Crippen molar-refractivity contribution in [2.24, 2.45) is 0 Å². The van der Waals surface area contributed by atoms with Crippen molar-refractivity contribution in [3.05, 3.63) is 53.4 Å². The van der Waals surface area contributed by atoms with Gasteiger partial charge in [0.1, 0.15) is 17.4 Å². The summed E-state index contributed by atoms with van der Waals surface area (Å²) in [5, 5.41) is 16.1. The van der Waals surface area contributed by atoms with Crippen molar-refractivity contribution in [3.63, 3.8) is 0 Å². The van der Waals surface area contributed by atoms with Gasteiger partial charge < -0.3 is 14.9 Å². The standard InChI is InChI=1S/C12H12F2N2O2/c13-8-1-2-11(14)10(5-8)12(17)7-15-6-9-3-4-16-18-9/h1-5,12,15,17H,6-7H2. The van der Waals surface area contributed by atoms with E-state index in [1.54, 1.807) is 6.07 Å². The van der Waals surface area contributed by atoms with Crippen LogP contribution in [0.25, 0.3) is 0 Å². The maximum Gasteiger partial charge on any atom is 0.150 e. The molecule has 0 spiro atoms. The number of halogens is 2. The highest BCUT2D eigenvalue weighted by Crippen LogP contribution is 2.17. The van der Waals surface area contributed by atoms with Crippen molar-refractivity contribution < 1.29 is 18.4 Å². The van der Waals surface area contributed by atoms with Crippen molar-refractivity contribution in [3.8, 4) is 0 Å². The second kappa shape index (κ2) is 5.70. The van der Waals surface area contributed by atoms with E-state index >= 15 is 0 Å². The van der Waals surface area contributed by atoms with E-state index in [1.807, 2.05) is 0 Å². The molecular weight excluding hydrogens is 242 g/mol. The monoisotopic (exact) mass is 254 g/mol. The predicted molar refractivity (Wildman–Crippen MR) is 59.5 cm³/mol. The quantitative estimate of drug-likeness (QED) is 0.853. The lowest BCUT2D eigenvalue weighted by atomic mass is 10.1. The molecule has 0 aliphatic heterocycles. The van der Waals surface area contributed by atoms with E-state index in [-0.39, 0.29) is 12.1 Å². The SMILES string of the molecule is OC(CNCc1ccno1)c1cc(F)ccc1F. The first kappa shape index (κ1) is 12.7. The molecule has 0 aliphatic rings. The van der Waals surface area contributed by atoms with Gasteiger partial charge in [-0.2, -0.15) is 0 Å². The zero-order valence-corrected chi connectivity index (χ0v) is 9.44. The first-order valence-electron chi connectivity index (χ1n) is 5.40. The molecule has 0 amide bonds. The first-order chi connectivity index (χ1) is 8.66. The van der Waals surface area contributed by atoms with Crippen LogP contribution in [0.5, 0.6) is 0 Å². The van der Waals surface area contributed by atoms with E-state index in [4.69, 9.17) is 4.52 Å².